The number of hydrogen-bond acceptors (Lipinski definition) is 3. The quantitative estimate of drug-likeness (QED) is 0.839. The highest BCUT2D eigenvalue weighted by Gasteiger charge is 2.18. The van der Waals surface area contributed by atoms with E-state index in [9.17, 15) is 4.79 Å². The van der Waals surface area contributed by atoms with E-state index in [1.165, 1.54) is 4.90 Å². The van der Waals surface area contributed by atoms with Gasteiger partial charge in [-0.2, -0.15) is 0 Å². The Morgan fingerprint density at radius 3 is 2.71 bits per heavy atom. The van der Waals surface area contributed by atoms with E-state index in [1.807, 2.05) is 18.2 Å². The van der Waals surface area contributed by atoms with Crippen LogP contribution in [-0.2, 0) is 11.3 Å². The van der Waals surface area contributed by atoms with Crippen LogP contribution in [0.25, 0.3) is 0 Å². The normalized spacial score (nSPS) is 12.2. The molecule has 4 heteroatoms. The molecule has 0 aromatic heterocycles. The van der Waals surface area contributed by atoms with Crippen molar-refractivity contribution in [1.82, 2.24) is 4.90 Å². The molecule has 1 rings (SSSR count). The van der Waals surface area contributed by atoms with Gasteiger partial charge in [-0.25, -0.2) is 0 Å². The molecule has 1 unspecified atom stereocenters. The van der Waals surface area contributed by atoms with E-state index < -0.39 is 0 Å². The van der Waals surface area contributed by atoms with Crippen LogP contribution in [-0.4, -0.2) is 42.7 Å². The molecule has 0 saturated heterocycles. The Balaban J connectivity index is 2.95. The molecule has 1 N–H and O–H groups in total. The maximum atomic E-state index is 12.2. The van der Waals surface area contributed by atoms with Crippen molar-refractivity contribution < 1.29 is 14.6 Å². The molecule has 0 spiro atoms. The molecule has 1 aromatic carbocycles. The maximum Gasteiger partial charge on any atom is 0.254 e. The second kappa shape index (κ2) is 6.37. The largest absolute Gasteiger partial charge is 0.394 e. The summed E-state index contributed by atoms with van der Waals surface area (Å²) in [6.07, 6.45) is 0. The lowest BCUT2D eigenvalue weighted by Crippen LogP contribution is -2.37. The molecular formula is C13H19NO3. The summed E-state index contributed by atoms with van der Waals surface area (Å²) in [6, 6.07) is 7.15. The summed E-state index contributed by atoms with van der Waals surface area (Å²) in [7, 11) is 3.29. The summed E-state index contributed by atoms with van der Waals surface area (Å²) in [5, 5.41) is 9.06. The monoisotopic (exact) mass is 237 g/mol. The van der Waals surface area contributed by atoms with Gasteiger partial charge in [-0.1, -0.05) is 18.2 Å². The van der Waals surface area contributed by atoms with Gasteiger partial charge in [0.25, 0.3) is 5.91 Å². The number of ether oxygens (including phenoxy) is 1. The number of methoxy groups -OCH3 is 1. The zero-order chi connectivity index (χ0) is 12.8. The van der Waals surface area contributed by atoms with Crippen LogP contribution in [0.3, 0.4) is 0 Å². The molecule has 0 saturated carbocycles. The SMILES string of the molecule is COCc1ccccc1C(=O)N(C)C(C)CO. The number of amides is 1. The Hall–Kier alpha value is -1.39. The summed E-state index contributed by atoms with van der Waals surface area (Å²) in [5.41, 5.74) is 1.48. The molecule has 4 nitrogen and oxygen atoms in total. The first kappa shape index (κ1) is 13.7. The van der Waals surface area contributed by atoms with E-state index in [-0.39, 0.29) is 18.6 Å². The van der Waals surface area contributed by atoms with E-state index in [0.29, 0.717) is 12.2 Å². The smallest absolute Gasteiger partial charge is 0.254 e. The average molecular weight is 237 g/mol. The van der Waals surface area contributed by atoms with Gasteiger partial charge in [-0.15, -0.1) is 0 Å². The topological polar surface area (TPSA) is 49.8 Å². The minimum absolute atomic E-state index is 0.0469. The van der Waals surface area contributed by atoms with Gasteiger partial charge in [0.05, 0.1) is 19.3 Å². The van der Waals surface area contributed by atoms with Crippen molar-refractivity contribution in [2.24, 2.45) is 0 Å². The number of carbonyl (C=O) groups is 1. The number of nitrogens with zero attached hydrogens (tertiary/aromatic N) is 1. The van der Waals surface area contributed by atoms with Crippen LogP contribution in [0.15, 0.2) is 24.3 Å². The van der Waals surface area contributed by atoms with Crippen LogP contribution in [0, 0.1) is 0 Å². The third-order valence-electron chi connectivity index (χ3n) is 2.79. The minimum atomic E-state index is -0.196. The van der Waals surface area contributed by atoms with Gasteiger partial charge < -0.3 is 14.7 Å². The zero-order valence-corrected chi connectivity index (χ0v) is 10.5. The predicted octanol–water partition coefficient (Wildman–Crippen LogP) is 1.29. The van der Waals surface area contributed by atoms with Crippen molar-refractivity contribution in [3.8, 4) is 0 Å². The first-order chi connectivity index (χ1) is 8.11. The molecule has 1 aromatic rings. The van der Waals surface area contributed by atoms with Crippen molar-refractivity contribution in [2.75, 3.05) is 20.8 Å². The molecular weight excluding hydrogens is 218 g/mol. The van der Waals surface area contributed by atoms with Crippen LogP contribution >= 0.6 is 0 Å². The fourth-order valence-corrected chi connectivity index (χ4v) is 1.52. The molecule has 0 aliphatic carbocycles. The maximum absolute atomic E-state index is 12.2. The van der Waals surface area contributed by atoms with Gasteiger partial charge in [-0.3, -0.25) is 4.79 Å². The molecule has 0 fully saturated rings. The molecule has 0 aliphatic heterocycles. The molecule has 94 valence electrons. The molecule has 0 radical (unpaired) electrons. The van der Waals surface area contributed by atoms with Crippen molar-refractivity contribution in [2.45, 2.75) is 19.6 Å². The lowest BCUT2D eigenvalue weighted by Gasteiger charge is -2.24. The number of hydrogen-bond donors (Lipinski definition) is 1. The first-order valence-corrected chi connectivity index (χ1v) is 5.56. The summed E-state index contributed by atoms with van der Waals surface area (Å²) in [4.78, 5) is 13.7. The van der Waals surface area contributed by atoms with Crippen LogP contribution in [0.5, 0.6) is 0 Å². The van der Waals surface area contributed by atoms with Crippen molar-refractivity contribution >= 4 is 5.91 Å². The van der Waals surface area contributed by atoms with Crippen molar-refractivity contribution in [1.29, 1.82) is 0 Å². The lowest BCUT2D eigenvalue weighted by molar-refractivity contribution is 0.0677. The van der Waals surface area contributed by atoms with Gasteiger partial charge in [0, 0.05) is 19.7 Å². The molecule has 17 heavy (non-hydrogen) atoms. The third-order valence-corrected chi connectivity index (χ3v) is 2.79. The Morgan fingerprint density at radius 2 is 2.12 bits per heavy atom. The first-order valence-electron chi connectivity index (χ1n) is 5.56. The fraction of sp³-hybridized carbons (Fsp3) is 0.462. The lowest BCUT2D eigenvalue weighted by atomic mass is 10.1. The van der Waals surface area contributed by atoms with Crippen LogP contribution in [0.4, 0.5) is 0 Å². The predicted molar refractivity (Wildman–Crippen MR) is 65.8 cm³/mol. The van der Waals surface area contributed by atoms with Gasteiger partial charge in [0.2, 0.25) is 0 Å². The number of likely N-dealkylation sites (N-methyl/N-ethyl adjacent to an activating group) is 1. The highest BCUT2D eigenvalue weighted by atomic mass is 16.5. The van der Waals surface area contributed by atoms with E-state index in [1.54, 1.807) is 27.1 Å². The fourth-order valence-electron chi connectivity index (χ4n) is 1.52. The van der Waals surface area contributed by atoms with Gasteiger partial charge >= 0.3 is 0 Å². The van der Waals surface area contributed by atoms with E-state index >= 15 is 0 Å². The Kier molecular flexibility index (Phi) is 5.12. The highest BCUT2D eigenvalue weighted by Crippen LogP contribution is 2.13. The number of aliphatic hydroxyl groups excluding tert-OH is 1. The Bertz CT molecular complexity index is 379. The molecule has 0 aliphatic rings. The van der Waals surface area contributed by atoms with Crippen molar-refractivity contribution in [3.63, 3.8) is 0 Å². The molecule has 1 atom stereocenters. The number of aliphatic hydroxyl groups is 1. The summed E-state index contributed by atoms with van der Waals surface area (Å²) in [5.74, 6) is -0.0980. The van der Waals surface area contributed by atoms with Crippen LogP contribution in [0.1, 0.15) is 22.8 Å². The van der Waals surface area contributed by atoms with Gasteiger partial charge in [-0.05, 0) is 18.6 Å². The van der Waals surface area contributed by atoms with Gasteiger partial charge in [0.15, 0.2) is 0 Å². The van der Waals surface area contributed by atoms with Crippen LogP contribution in [0.2, 0.25) is 0 Å². The minimum Gasteiger partial charge on any atom is -0.394 e. The number of rotatable bonds is 5. The third kappa shape index (κ3) is 3.28. The van der Waals surface area contributed by atoms with Gasteiger partial charge in [0.1, 0.15) is 0 Å². The molecule has 1 amide bonds. The Labute approximate surface area is 102 Å². The molecule has 0 bridgehead atoms. The standard InChI is InChI=1S/C13H19NO3/c1-10(8-15)14(2)13(16)12-7-5-4-6-11(12)9-17-3/h4-7,10,15H,8-9H2,1-3H3. The zero-order valence-electron chi connectivity index (χ0n) is 10.5. The Morgan fingerprint density at radius 1 is 1.47 bits per heavy atom. The summed E-state index contributed by atoms with van der Waals surface area (Å²) >= 11 is 0. The average Bonchev–Trinajstić information content (AvgIpc) is 2.37. The van der Waals surface area contributed by atoms with Crippen molar-refractivity contribution in [3.05, 3.63) is 35.4 Å². The number of carbonyl (C=O) groups excluding carboxylic acids is 1. The highest BCUT2D eigenvalue weighted by molar-refractivity contribution is 5.95. The van der Waals surface area contributed by atoms with Crippen LogP contribution < -0.4 is 0 Å². The summed E-state index contributed by atoms with van der Waals surface area (Å²) < 4.78 is 5.07. The van der Waals surface area contributed by atoms with E-state index in [2.05, 4.69) is 0 Å². The second-order valence-corrected chi connectivity index (χ2v) is 4.04. The van der Waals surface area contributed by atoms with E-state index in [0.717, 1.165) is 5.56 Å². The summed E-state index contributed by atoms with van der Waals surface area (Å²) in [6.45, 7) is 2.16. The van der Waals surface area contributed by atoms with E-state index in [4.69, 9.17) is 9.84 Å². The molecule has 0 heterocycles. The number of benzene rings is 1. The second-order valence-electron chi connectivity index (χ2n) is 4.04.